The molecule has 2 aromatic heterocycles. The maximum Gasteiger partial charge on any atom is 0.260 e. The van der Waals surface area contributed by atoms with Crippen molar-refractivity contribution in [2.24, 2.45) is 0 Å². The van der Waals surface area contributed by atoms with Crippen molar-refractivity contribution < 1.29 is 9.53 Å². The van der Waals surface area contributed by atoms with Crippen molar-refractivity contribution in [2.45, 2.75) is 18.9 Å². The standard InChI is InChI=1S/C19H16Cl2N2O2S2/c20-13-3-4-15(16(21)8-13)17-11-27-19(22-17)23(9-14-2-1-6-25-14)18(24)12-5-7-26-10-12/h3-5,7-8,10-11,14H,1-2,6,9H2. The number of benzene rings is 1. The summed E-state index contributed by atoms with van der Waals surface area (Å²) in [6.07, 6.45) is 2.02. The molecule has 1 amide bonds. The zero-order chi connectivity index (χ0) is 18.8. The number of hydrogen-bond acceptors (Lipinski definition) is 5. The van der Waals surface area contributed by atoms with Gasteiger partial charge in [-0.3, -0.25) is 9.69 Å². The molecular weight excluding hydrogens is 423 g/mol. The molecule has 140 valence electrons. The average Bonchev–Trinajstić information content (AvgIpc) is 3.40. The highest BCUT2D eigenvalue weighted by Gasteiger charge is 2.27. The fraction of sp³-hybridized carbons (Fsp3) is 0.263. The van der Waals surface area contributed by atoms with Gasteiger partial charge < -0.3 is 4.74 Å². The average molecular weight is 439 g/mol. The third-order valence-electron chi connectivity index (χ3n) is 4.35. The molecule has 1 aliphatic rings. The van der Waals surface area contributed by atoms with Gasteiger partial charge in [0.1, 0.15) is 0 Å². The molecule has 1 aliphatic heterocycles. The van der Waals surface area contributed by atoms with Crippen LogP contribution in [-0.4, -0.2) is 30.1 Å². The van der Waals surface area contributed by atoms with Crippen molar-refractivity contribution in [1.29, 1.82) is 0 Å². The topological polar surface area (TPSA) is 42.4 Å². The largest absolute Gasteiger partial charge is 0.376 e. The molecule has 0 aliphatic carbocycles. The number of halogens is 2. The number of anilines is 1. The summed E-state index contributed by atoms with van der Waals surface area (Å²) in [5, 5.41) is 7.42. The molecule has 1 aromatic carbocycles. The number of amides is 1. The van der Waals surface area contributed by atoms with E-state index < -0.39 is 0 Å². The molecule has 4 nitrogen and oxygen atoms in total. The molecule has 3 heterocycles. The first kappa shape index (κ1) is 18.9. The summed E-state index contributed by atoms with van der Waals surface area (Å²) >= 11 is 15.2. The molecule has 8 heteroatoms. The first-order valence-electron chi connectivity index (χ1n) is 8.48. The number of nitrogens with zero attached hydrogens (tertiary/aromatic N) is 2. The third kappa shape index (κ3) is 4.20. The molecule has 1 unspecified atom stereocenters. The SMILES string of the molecule is O=C(c1ccsc1)N(CC1CCCO1)c1nc(-c2ccc(Cl)cc2Cl)cs1. The van der Waals surface area contributed by atoms with Gasteiger partial charge in [0.2, 0.25) is 0 Å². The van der Waals surface area contributed by atoms with Crippen LogP contribution in [0.5, 0.6) is 0 Å². The number of carbonyl (C=O) groups excluding carboxylic acids is 1. The number of thiophene rings is 1. The van der Waals surface area contributed by atoms with Crippen LogP contribution < -0.4 is 4.90 Å². The Balaban J connectivity index is 1.65. The van der Waals surface area contributed by atoms with E-state index in [1.165, 1.54) is 22.7 Å². The highest BCUT2D eigenvalue weighted by molar-refractivity contribution is 7.14. The Morgan fingerprint density at radius 2 is 2.19 bits per heavy atom. The Morgan fingerprint density at radius 1 is 1.30 bits per heavy atom. The lowest BCUT2D eigenvalue weighted by Gasteiger charge is -2.22. The van der Waals surface area contributed by atoms with E-state index >= 15 is 0 Å². The Morgan fingerprint density at radius 3 is 2.89 bits per heavy atom. The van der Waals surface area contributed by atoms with Gasteiger partial charge in [0.15, 0.2) is 5.13 Å². The number of thiazole rings is 1. The summed E-state index contributed by atoms with van der Waals surface area (Å²) in [5.41, 5.74) is 2.19. The highest BCUT2D eigenvalue weighted by atomic mass is 35.5. The van der Waals surface area contributed by atoms with Gasteiger partial charge >= 0.3 is 0 Å². The molecule has 1 fully saturated rings. The summed E-state index contributed by atoms with van der Waals surface area (Å²) in [4.78, 5) is 19.5. The van der Waals surface area contributed by atoms with Crippen molar-refractivity contribution in [1.82, 2.24) is 4.98 Å². The molecule has 3 aromatic rings. The predicted molar refractivity (Wildman–Crippen MR) is 113 cm³/mol. The van der Waals surface area contributed by atoms with E-state index in [4.69, 9.17) is 27.9 Å². The van der Waals surface area contributed by atoms with Crippen LogP contribution in [0, 0.1) is 0 Å². The number of hydrogen-bond donors (Lipinski definition) is 0. The molecule has 1 saturated heterocycles. The number of aromatic nitrogens is 1. The predicted octanol–water partition coefficient (Wildman–Crippen LogP) is 6.00. The van der Waals surface area contributed by atoms with Crippen LogP contribution in [0.1, 0.15) is 23.2 Å². The number of carbonyl (C=O) groups is 1. The van der Waals surface area contributed by atoms with E-state index in [2.05, 4.69) is 4.98 Å². The quantitative estimate of drug-likeness (QED) is 0.489. The van der Waals surface area contributed by atoms with Gasteiger partial charge in [0.25, 0.3) is 5.91 Å². The summed E-state index contributed by atoms with van der Waals surface area (Å²) in [6.45, 7) is 1.24. The van der Waals surface area contributed by atoms with Crippen LogP contribution in [0.3, 0.4) is 0 Å². The van der Waals surface area contributed by atoms with E-state index in [0.717, 1.165) is 30.7 Å². The lowest BCUT2D eigenvalue weighted by Crippen LogP contribution is -2.37. The zero-order valence-electron chi connectivity index (χ0n) is 14.2. The highest BCUT2D eigenvalue weighted by Crippen LogP contribution is 2.34. The molecule has 0 spiro atoms. The van der Waals surface area contributed by atoms with Crippen molar-refractivity contribution in [3.8, 4) is 11.3 Å². The fourth-order valence-electron chi connectivity index (χ4n) is 2.99. The maximum absolute atomic E-state index is 13.1. The maximum atomic E-state index is 13.1. The van der Waals surface area contributed by atoms with Crippen LogP contribution in [0.25, 0.3) is 11.3 Å². The molecular formula is C19H16Cl2N2O2S2. The minimum Gasteiger partial charge on any atom is -0.376 e. The van der Waals surface area contributed by atoms with Gasteiger partial charge in [0.05, 0.1) is 28.9 Å². The summed E-state index contributed by atoms with van der Waals surface area (Å²) in [7, 11) is 0. The Kier molecular flexibility index (Phi) is 5.80. The minimum absolute atomic E-state index is 0.0408. The third-order valence-corrected chi connectivity index (χ3v) is 6.45. The Bertz CT molecular complexity index is 937. The van der Waals surface area contributed by atoms with Gasteiger partial charge in [0, 0.05) is 28.0 Å². The van der Waals surface area contributed by atoms with Crippen LogP contribution in [-0.2, 0) is 4.74 Å². The first-order valence-corrected chi connectivity index (χ1v) is 11.1. The van der Waals surface area contributed by atoms with Gasteiger partial charge in [-0.2, -0.15) is 11.3 Å². The van der Waals surface area contributed by atoms with Gasteiger partial charge in [-0.15, -0.1) is 11.3 Å². The van der Waals surface area contributed by atoms with E-state index in [9.17, 15) is 4.79 Å². The molecule has 1 atom stereocenters. The normalized spacial score (nSPS) is 16.6. The lowest BCUT2D eigenvalue weighted by molar-refractivity contribution is 0.0918. The molecule has 4 rings (SSSR count). The second-order valence-electron chi connectivity index (χ2n) is 6.20. The molecule has 0 radical (unpaired) electrons. The van der Waals surface area contributed by atoms with Crippen LogP contribution in [0.15, 0.2) is 40.4 Å². The zero-order valence-corrected chi connectivity index (χ0v) is 17.4. The summed E-state index contributed by atoms with van der Waals surface area (Å²) in [5.74, 6) is -0.0603. The minimum atomic E-state index is -0.0603. The van der Waals surface area contributed by atoms with E-state index in [-0.39, 0.29) is 12.0 Å². The van der Waals surface area contributed by atoms with Crippen molar-refractivity contribution in [2.75, 3.05) is 18.1 Å². The first-order chi connectivity index (χ1) is 13.1. The Hall–Kier alpha value is -1.44. The van der Waals surface area contributed by atoms with Crippen molar-refractivity contribution in [3.63, 3.8) is 0 Å². The monoisotopic (exact) mass is 438 g/mol. The second-order valence-corrected chi connectivity index (χ2v) is 8.66. The fourth-order valence-corrected chi connectivity index (χ4v) is 4.96. The Labute approximate surface area is 175 Å². The second kappa shape index (κ2) is 8.29. The van der Waals surface area contributed by atoms with Crippen molar-refractivity contribution >= 4 is 56.9 Å². The number of rotatable bonds is 5. The van der Waals surface area contributed by atoms with Gasteiger partial charge in [-0.1, -0.05) is 23.2 Å². The molecule has 0 N–H and O–H groups in total. The van der Waals surface area contributed by atoms with Gasteiger partial charge in [-0.25, -0.2) is 4.98 Å². The smallest absolute Gasteiger partial charge is 0.260 e. The van der Waals surface area contributed by atoms with Crippen molar-refractivity contribution in [3.05, 3.63) is 56.0 Å². The van der Waals surface area contributed by atoms with E-state index in [1.54, 1.807) is 17.0 Å². The molecule has 0 saturated carbocycles. The van der Waals surface area contributed by atoms with E-state index in [0.29, 0.717) is 27.3 Å². The summed E-state index contributed by atoms with van der Waals surface area (Å²) in [6, 6.07) is 7.15. The van der Waals surface area contributed by atoms with Crippen LogP contribution in [0.4, 0.5) is 5.13 Å². The number of ether oxygens (including phenoxy) is 1. The lowest BCUT2D eigenvalue weighted by atomic mass is 10.2. The molecule has 27 heavy (non-hydrogen) atoms. The molecule has 0 bridgehead atoms. The summed E-state index contributed by atoms with van der Waals surface area (Å²) < 4.78 is 5.75. The van der Waals surface area contributed by atoms with Gasteiger partial charge in [-0.05, 0) is 42.5 Å². The van der Waals surface area contributed by atoms with Crippen LogP contribution in [0.2, 0.25) is 10.0 Å². The van der Waals surface area contributed by atoms with Crippen LogP contribution >= 0.6 is 45.9 Å². The van der Waals surface area contributed by atoms with E-state index in [1.807, 2.05) is 28.3 Å².